The Morgan fingerprint density at radius 1 is 0.917 bits per heavy atom. The number of pyridine rings is 1. The van der Waals surface area contributed by atoms with E-state index in [1.54, 1.807) is 34.6 Å². The molecule has 10 heterocycles. The molecule has 6 aliphatic heterocycles. The maximum atomic E-state index is 17.1. The second-order valence-electron chi connectivity index (χ2n) is 24.1. The van der Waals surface area contributed by atoms with E-state index in [1.165, 1.54) is 11.0 Å². The third-order valence-corrected chi connectivity index (χ3v) is 19.4. The lowest BCUT2D eigenvalue weighted by atomic mass is 9.91. The van der Waals surface area contributed by atoms with Crippen molar-refractivity contribution in [1.29, 1.82) is 0 Å². The van der Waals surface area contributed by atoms with Crippen LogP contribution in [-0.4, -0.2) is 169 Å². The van der Waals surface area contributed by atoms with Gasteiger partial charge in [0.2, 0.25) is 11.8 Å². The summed E-state index contributed by atoms with van der Waals surface area (Å²) in [5, 5.41) is 34.7. The lowest BCUT2D eigenvalue weighted by Crippen LogP contribution is -2.51. The standard InChI is InChI=1S/C62H71FN12O8S/c1-35(2)52(59(79)74-31-45(77)26-49(74)58(78)66-36(3)38-10-12-39(13-11-38)56-37(4)65-34-84-56)50-27-51(70-83-50)71-20-22-72(23-21-71)61(80)81-32-43-16-18-62(17-7-19-75(43)62)33-82-60-68-55-48(57(69-60)73-29-41-14-15-42(30-73)67-41)28-64-54(53(55)63)47-25-44(76)24-40-8-5-6-9-46(40)47/h5-6,8-13,24-25,27-28,34-36,41-43,45,49,52,67,76-77H,7,14-23,26,29-33H2,1-4H3,(H,66,78)/t36-,41?,42?,43+,45+,49-,52+,62+/m0/s1. The highest BCUT2D eigenvalue weighted by atomic mass is 32.1. The third kappa shape index (κ3) is 10.6. The van der Waals surface area contributed by atoms with Crippen molar-refractivity contribution in [2.75, 3.05) is 75.4 Å². The van der Waals surface area contributed by atoms with Crippen LogP contribution in [0.2, 0.25) is 0 Å². The monoisotopic (exact) mass is 1160 g/mol. The predicted octanol–water partition coefficient (Wildman–Crippen LogP) is 7.96. The van der Waals surface area contributed by atoms with E-state index in [-0.39, 0.29) is 90.6 Å². The molecular formula is C62H71FN12O8S. The average molecular weight is 1160 g/mol. The van der Waals surface area contributed by atoms with E-state index >= 15 is 4.39 Å². The molecule has 0 spiro atoms. The fraction of sp³-hybridized carbons (Fsp3) is 0.484. The molecule has 4 aromatic heterocycles. The number of nitrogens with one attached hydrogen (secondary N) is 2. The Morgan fingerprint density at radius 3 is 2.46 bits per heavy atom. The number of aliphatic hydroxyl groups is 1. The van der Waals surface area contributed by atoms with Crippen molar-refractivity contribution in [1.82, 2.24) is 50.4 Å². The molecule has 8 atom stereocenters. The first-order valence-corrected chi connectivity index (χ1v) is 30.5. The zero-order chi connectivity index (χ0) is 58.0. The molecule has 6 aliphatic rings. The number of phenolic OH excluding ortho intramolecular Hbond substituents is 1. The van der Waals surface area contributed by atoms with Crippen LogP contribution in [0, 0.1) is 18.7 Å². The summed E-state index contributed by atoms with van der Waals surface area (Å²) in [6.45, 7) is 12.2. The zero-order valence-corrected chi connectivity index (χ0v) is 48.6. The number of thiazole rings is 1. The van der Waals surface area contributed by atoms with Gasteiger partial charge in [0.25, 0.3) is 0 Å². The number of nitrogens with zero attached hydrogens (tertiary/aromatic N) is 10. The first-order chi connectivity index (χ1) is 40.7. The number of aryl methyl sites for hydroxylation is 1. The van der Waals surface area contributed by atoms with Gasteiger partial charge in [-0.2, -0.15) is 9.97 Å². The number of fused-ring (bicyclic) bond motifs is 5. The van der Waals surface area contributed by atoms with Crippen LogP contribution in [0.5, 0.6) is 11.8 Å². The van der Waals surface area contributed by atoms with E-state index in [0.29, 0.717) is 79.7 Å². The number of β-amino-alcohol motifs (C(OH)–C–C–N with tert-alkyl or cyclic N) is 1. The summed E-state index contributed by atoms with van der Waals surface area (Å²) in [7, 11) is 0. The van der Waals surface area contributed by atoms with Gasteiger partial charge in [0.1, 0.15) is 48.0 Å². The van der Waals surface area contributed by atoms with Crippen molar-refractivity contribution < 1.29 is 43.0 Å². The molecule has 0 radical (unpaired) electrons. The van der Waals surface area contributed by atoms with Crippen molar-refractivity contribution in [3.8, 4) is 33.5 Å². The van der Waals surface area contributed by atoms with E-state index in [1.807, 2.05) is 86.6 Å². The molecule has 2 bridgehead atoms. The number of hydrogen-bond donors (Lipinski definition) is 4. The Hall–Kier alpha value is -7.53. The maximum Gasteiger partial charge on any atom is 0.409 e. The quantitative estimate of drug-likeness (QED) is 0.0763. The molecule has 4 N–H and O–H groups in total. The van der Waals surface area contributed by atoms with Gasteiger partial charge in [0, 0.05) is 88.2 Å². The Labute approximate surface area is 490 Å². The number of benzene rings is 3. The number of phenols is 1. The largest absolute Gasteiger partial charge is 0.508 e. The maximum absolute atomic E-state index is 17.1. The van der Waals surface area contributed by atoms with Crippen LogP contribution in [0.4, 0.5) is 20.8 Å². The number of carbonyl (C=O) groups excluding carboxylic acids is 3. The number of hydrogen-bond acceptors (Lipinski definition) is 18. The number of piperazine rings is 2. The van der Waals surface area contributed by atoms with Crippen molar-refractivity contribution in [3.05, 3.63) is 101 Å². The lowest BCUT2D eigenvalue weighted by Gasteiger charge is -2.36. The number of anilines is 2. The molecule has 22 heteroatoms. The van der Waals surface area contributed by atoms with E-state index in [4.69, 9.17) is 24.0 Å². The number of aromatic hydroxyl groups is 1. The van der Waals surface area contributed by atoms with Crippen LogP contribution in [0.3, 0.4) is 0 Å². The summed E-state index contributed by atoms with van der Waals surface area (Å²) in [6, 6.07) is 20.0. The molecule has 440 valence electrons. The molecule has 3 aromatic carbocycles. The molecule has 6 saturated heterocycles. The van der Waals surface area contributed by atoms with Gasteiger partial charge in [-0.25, -0.2) is 14.2 Å². The van der Waals surface area contributed by atoms with Crippen molar-refractivity contribution in [3.63, 3.8) is 0 Å². The lowest BCUT2D eigenvalue weighted by molar-refractivity contribution is -0.141. The van der Waals surface area contributed by atoms with Gasteiger partial charge in [-0.05, 0) is 98.9 Å². The first kappa shape index (κ1) is 55.6. The Bertz CT molecular complexity index is 3600. The minimum Gasteiger partial charge on any atom is -0.508 e. The van der Waals surface area contributed by atoms with Crippen LogP contribution in [0.25, 0.3) is 43.4 Å². The zero-order valence-electron chi connectivity index (χ0n) is 47.7. The van der Waals surface area contributed by atoms with Crippen LogP contribution < -0.4 is 25.2 Å². The summed E-state index contributed by atoms with van der Waals surface area (Å²) < 4.78 is 35.7. The van der Waals surface area contributed by atoms with Crippen molar-refractivity contribution >= 4 is 62.6 Å². The number of ether oxygens (including phenoxy) is 2. The van der Waals surface area contributed by atoms with Gasteiger partial charge in [0.15, 0.2) is 17.4 Å². The molecule has 6 fully saturated rings. The number of amides is 3. The highest BCUT2D eigenvalue weighted by molar-refractivity contribution is 7.13. The number of rotatable bonds is 15. The van der Waals surface area contributed by atoms with E-state index in [2.05, 4.69) is 35.6 Å². The normalized spacial score (nSPS) is 24.1. The van der Waals surface area contributed by atoms with E-state index in [0.717, 1.165) is 77.5 Å². The number of likely N-dealkylation sites (tertiary alicyclic amines) is 1. The molecule has 7 aromatic rings. The third-order valence-electron chi connectivity index (χ3n) is 18.4. The molecule has 0 aliphatic carbocycles. The predicted molar refractivity (Wildman–Crippen MR) is 315 cm³/mol. The average Bonchev–Trinajstić information content (AvgIpc) is 2.09. The molecule has 0 saturated carbocycles. The fourth-order valence-electron chi connectivity index (χ4n) is 14.0. The van der Waals surface area contributed by atoms with Crippen LogP contribution >= 0.6 is 11.3 Å². The number of aliphatic hydroxyl groups excluding tert-OH is 1. The summed E-state index contributed by atoms with van der Waals surface area (Å²) in [6.07, 6.45) is 6.10. The van der Waals surface area contributed by atoms with Crippen LogP contribution in [0.15, 0.2) is 83.0 Å². The highest BCUT2D eigenvalue weighted by Crippen LogP contribution is 2.44. The van der Waals surface area contributed by atoms with Gasteiger partial charge in [-0.1, -0.05) is 67.5 Å². The van der Waals surface area contributed by atoms with Gasteiger partial charge >= 0.3 is 12.1 Å². The van der Waals surface area contributed by atoms with Crippen molar-refractivity contribution in [2.24, 2.45) is 5.92 Å². The summed E-state index contributed by atoms with van der Waals surface area (Å²) in [5.41, 5.74) is 5.08. The second kappa shape index (κ2) is 22.8. The van der Waals surface area contributed by atoms with Crippen LogP contribution in [0.1, 0.15) is 94.7 Å². The van der Waals surface area contributed by atoms with E-state index < -0.39 is 23.9 Å². The van der Waals surface area contributed by atoms with Gasteiger partial charge < -0.3 is 54.4 Å². The fourth-order valence-corrected chi connectivity index (χ4v) is 14.8. The van der Waals surface area contributed by atoms with E-state index in [9.17, 15) is 24.6 Å². The molecule has 13 rings (SSSR count). The summed E-state index contributed by atoms with van der Waals surface area (Å²) >= 11 is 1.58. The SMILES string of the molecule is Cc1ncsc1-c1ccc([C@H](C)NC(=O)[C@@H]2C[C@@H](O)CN2C(=O)[C@@H](c2cc(N3CCN(C(=O)OC[C@H]4CC[C@@]5(COc6nc(N7CC8CCC(C7)N8)c7cnc(-c8cc(O)cc9ccccc89)c(F)c7n6)CCCN45)CC3)no2)C(C)C)cc1. The summed E-state index contributed by atoms with van der Waals surface area (Å²) in [4.78, 5) is 71.8. The number of carbonyl (C=O) groups is 3. The van der Waals surface area contributed by atoms with Gasteiger partial charge in [0.05, 0.1) is 39.2 Å². The first-order valence-electron chi connectivity index (χ1n) is 29.6. The molecule has 2 unspecified atom stereocenters. The highest BCUT2D eigenvalue weighted by Gasteiger charge is 2.51. The minimum atomic E-state index is -0.864. The van der Waals surface area contributed by atoms with Gasteiger partial charge in [-0.3, -0.25) is 19.5 Å². The Balaban J connectivity index is 0.627. The number of aromatic nitrogens is 5. The molecule has 84 heavy (non-hydrogen) atoms. The smallest absolute Gasteiger partial charge is 0.409 e. The molecule has 20 nitrogen and oxygen atoms in total. The Kier molecular flexibility index (Phi) is 15.1. The topological polar surface area (TPSA) is 228 Å². The number of halogens is 1. The summed E-state index contributed by atoms with van der Waals surface area (Å²) in [5.74, 6) is -0.715. The minimum absolute atomic E-state index is 0.0114. The Morgan fingerprint density at radius 2 is 1.70 bits per heavy atom. The second-order valence-corrected chi connectivity index (χ2v) is 25.0. The van der Waals surface area contributed by atoms with Gasteiger partial charge in [-0.15, -0.1) is 11.3 Å². The van der Waals surface area contributed by atoms with Crippen LogP contribution in [-0.2, 0) is 14.3 Å². The molecule has 3 amide bonds. The van der Waals surface area contributed by atoms with Crippen molar-refractivity contribution in [2.45, 2.75) is 120 Å². The molecular weight excluding hydrogens is 1090 g/mol.